The second-order valence-corrected chi connectivity index (χ2v) is 11.4. The van der Waals surface area contributed by atoms with Gasteiger partial charge < -0.3 is 0 Å². The number of alkyl halides is 3. The van der Waals surface area contributed by atoms with Gasteiger partial charge in [0.1, 0.15) is 0 Å². The Hall–Kier alpha value is 1.44. The summed E-state index contributed by atoms with van der Waals surface area (Å²) < 4.78 is 0.292. The number of hydrogen-bond acceptors (Lipinski definition) is 0. The fourth-order valence-corrected chi connectivity index (χ4v) is 11.2. The Kier molecular flexibility index (Phi) is 1.36. The third-order valence-electron chi connectivity index (χ3n) is 6.85. The van der Waals surface area contributed by atoms with Crippen LogP contribution in [0.3, 0.4) is 0 Å². The van der Waals surface area contributed by atoms with Crippen LogP contribution in [0, 0.1) is 46.8 Å². The largest absolute Gasteiger partial charge is 0.0881 e. The fraction of sp³-hybridized carbons (Fsp3) is 1.00. The van der Waals surface area contributed by atoms with Crippen molar-refractivity contribution < 1.29 is 0 Å². The van der Waals surface area contributed by atoms with Crippen molar-refractivity contribution in [3.63, 3.8) is 0 Å². The molecular formula is C12H13Br3. The molecule has 6 aliphatic carbocycles. The van der Waals surface area contributed by atoms with Gasteiger partial charge in [0.25, 0.3) is 0 Å². The van der Waals surface area contributed by atoms with Crippen molar-refractivity contribution in [2.75, 3.05) is 0 Å². The van der Waals surface area contributed by atoms with Crippen LogP contribution < -0.4 is 0 Å². The summed E-state index contributed by atoms with van der Waals surface area (Å²) in [6.07, 6.45) is 1.54. The van der Waals surface area contributed by atoms with Gasteiger partial charge >= 0.3 is 0 Å². The zero-order chi connectivity index (χ0) is 10.3. The Morgan fingerprint density at radius 1 is 1.07 bits per heavy atom. The van der Waals surface area contributed by atoms with Crippen LogP contribution in [-0.2, 0) is 0 Å². The molecule has 0 aromatic rings. The molecule has 9 atom stereocenters. The maximum Gasteiger partial charge on any atom is 0.0875 e. The van der Waals surface area contributed by atoms with Gasteiger partial charge in [-0.25, -0.2) is 0 Å². The van der Waals surface area contributed by atoms with E-state index >= 15 is 0 Å². The number of halogens is 3. The Morgan fingerprint density at radius 2 is 1.73 bits per heavy atom. The summed E-state index contributed by atoms with van der Waals surface area (Å²) in [5.74, 6) is 6.98. The molecule has 0 radical (unpaired) electrons. The molecule has 0 aliphatic heterocycles. The molecule has 3 heteroatoms. The summed E-state index contributed by atoms with van der Waals surface area (Å²) >= 11 is 12.2. The summed E-state index contributed by atoms with van der Waals surface area (Å²) in [5.41, 5.74) is 0.588. The normalized spacial score (nSPS) is 79.2. The van der Waals surface area contributed by atoms with Crippen molar-refractivity contribution >= 4 is 47.8 Å². The molecule has 0 heterocycles. The first-order valence-corrected chi connectivity index (χ1v) is 8.52. The highest BCUT2D eigenvalue weighted by atomic mass is 79.9. The molecule has 6 aliphatic rings. The fourth-order valence-electron chi connectivity index (χ4n) is 7.03. The van der Waals surface area contributed by atoms with E-state index in [9.17, 15) is 0 Å². The van der Waals surface area contributed by atoms with Gasteiger partial charge in [-0.3, -0.25) is 0 Å². The monoisotopic (exact) mass is 394 g/mol. The van der Waals surface area contributed by atoms with E-state index in [1.54, 1.807) is 0 Å². The highest BCUT2D eigenvalue weighted by Gasteiger charge is 2.90. The highest BCUT2D eigenvalue weighted by molar-refractivity contribution is 9.25. The third kappa shape index (κ3) is 0.613. The van der Waals surface area contributed by atoms with Gasteiger partial charge in [-0.2, -0.15) is 0 Å². The van der Waals surface area contributed by atoms with Gasteiger partial charge in [0.05, 0.1) is 3.23 Å². The molecule has 0 N–H and O–H groups in total. The van der Waals surface area contributed by atoms with E-state index in [1.807, 2.05) is 0 Å². The van der Waals surface area contributed by atoms with Crippen LogP contribution in [-0.4, -0.2) is 8.06 Å². The Bertz CT molecular complexity index is 390. The SMILES string of the molecule is C[C@@]12[C@H]3[C@@H]4C[C@H]5[C@@H]([C@H]4[C@H]1Br)[C@H]2C(Br)(Br)[C@H]53. The molecule has 15 heavy (non-hydrogen) atoms. The Balaban J connectivity index is 1.88. The molecule has 0 spiro atoms. The van der Waals surface area contributed by atoms with Gasteiger partial charge in [0, 0.05) is 4.83 Å². The van der Waals surface area contributed by atoms with Crippen LogP contribution in [0.2, 0.25) is 0 Å². The second-order valence-electron chi connectivity index (χ2n) is 6.69. The van der Waals surface area contributed by atoms with Gasteiger partial charge in [0.15, 0.2) is 0 Å². The first kappa shape index (κ1) is 9.38. The first-order chi connectivity index (χ1) is 7.00. The molecular weight excluding hydrogens is 384 g/mol. The van der Waals surface area contributed by atoms with E-state index in [2.05, 4.69) is 54.7 Å². The molecule has 0 unspecified atom stereocenters. The maximum atomic E-state index is 4.05. The standard InChI is InChI=1S/C12H13Br3/c1-11-7-4-2-3-5(6(4)10(11)13)9(11)12(14,15)8(3)7/h3-10H,2H2,1H3/t3-,4+,5-,6-,7-,8+,9+,10+,11-/m0/s1. The number of rotatable bonds is 0. The minimum Gasteiger partial charge on any atom is -0.0881 e. The van der Waals surface area contributed by atoms with Crippen LogP contribution in [0.25, 0.3) is 0 Å². The summed E-state index contributed by atoms with van der Waals surface area (Å²) in [6, 6.07) is 0. The minimum atomic E-state index is 0.292. The van der Waals surface area contributed by atoms with Crippen LogP contribution >= 0.6 is 47.8 Å². The van der Waals surface area contributed by atoms with Crippen molar-refractivity contribution in [1.82, 2.24) is 0 Å². The average Bonchev–Trinajstić information content (AvgIpc) is 2.81. The van der Waals surface area contributed by atoms with E-state index in [0.717, 1.165) is 46.3 Å². The lowest BCUT2D eigenvalue weighted by molar-refractivity contribution is 0.0700. The summed E-state index contributed by atoms with van der Waals surface area (Å²) in [5, 5.41) is 0. The molecule has 0 saturated heterocycles. The lowest BCUT2D eigenvalue weighted by Crippen LogP contribution is -2.37. The summed E-state index contributed by atoms with van der Waals surface area (Å²) in [4.78, 5) is 0.807. The van der Waals surface area contributed by atoms with Gasteiger partial charge in [-0.1, -0.05) is 54.7 Å². The Labute approximate surface area is 115 Å². The molecule has 0 aromatic heterocycles. The van der Waals surface area contributed by atoms with Gasteiger partial charge in [-0.15, -0.1) is 0 Å². The minimum absolute atomic E-state index is 0.292. The maximum absolute atomic E-state index is 4.05. The van der Waals surface area contributed by atoms with E-state index in [-0.39, 0.29) is 0 Å². The molecule has 6 rings (SSSR count). The van der Waals surface area contributed by atoms with E-state index in [1.165, 1.54) is 6.42 Å². The van der Waals surface area contributed by atoms with Gasteiger partial charge in [-0.05, 0) is 53.3 Å². The molecule has 6 fully saturated rings. The zero-order valence-corrected chi connectivity index (χ0v) is 13.2. The second kappa shape index (κ2) is 2.18. The molecule has 0 amide bonds. The van der Waals surface area contributed by atoms with E-state index in [4.69, 9.17) is 0 Å². The molecule has 6 bridgehead atoms. The van der Waals surface area contributed by atoms with Crippen LogP contribution in [0.5, 0.6) is 0 Å². The van der Waals surface area contributed by atoms with Crippen molar-refractivity contribution in [3.8, 4) is 0 Å². The van der Waals surface area contributed by atoms with Crippen LogP contribution in [0.1, 0.15) is 13.3 Å². The lowest BCUT2D eigenvalue weighted by Gasteiger charge is -2.40. The van der Waals surface area contributed by atoms with Crippen molar-refractivity contribution in [3.05, 3.63) is 0 Å². The molecule has 6 saturated carbocycles. The first-order valence-electron chi connectivity index (χ1n) is 6.02. The van der Waals surface area contributed by atoms with Crippen molar-refractivity contribution in [1.29, 1.82) is 0 Å². The molecule has 82 valence electrons. The topological polar surface area (TPSA) is 0 Å². The van der Waals surface area contributed by atoms with Crippen LogP contribution in [0.15, 0.2) is 0 Å². The van der Waals surface area contributed by atoms with E-state index in [0.29, 0.717) is 8.65 Å². The Morgan fingerprint density at radius 3 is 2.40 bits per heavy atom. The number of hydrogen-bond donors (Lipinski definition) is 0. The molecule has 0 nitrogen and oxygen atoms in total. The van der Waals surface area contributed by atoms with Crippen LogP contribution in [0.4, 0.5) is 0 Å². The predicted molar refractivity (Wildman–Crippen MR) is 70.5 cm³/mol. The average molecular weight is 397 g/mol. The summed E-state index contributed by atoms with van der Waals surface area (Å²) in [6.45, 7) is 2.56. The van der Waals surface area contributed by atoms with Crippen molar-refractivity contribution in [2.24, 2.45) is 46.8 Å². The predicted octanol–water partition coefficient (Wildman–Crippen LogP) is 4.01. The van der Waals surface area contributed by atoms with Gasteiger partial charge in [0.2, 0.25) is 0 Å². The molecule has 0 aromatic carbocycles. The van der Waals surface area contributed by atoms with Crippen molar-refractivity contribution in [2.45, 2.75) is 21.4 Å². The van der Waals surface area contributed by atoms with E-state index < -0.39 is 0 Å². The smallest absolute Gasteiger partial charge is 0.0875 e. The third-order valence-corrected chi connectivity index (χ3v) is 10.5. The highest BCUT2D eigenvalue weighted by Crippen LogP contribution is 2.92. The quantitative estimate of drug-likeness (QED) is 0.543. The lowest BCUT2D eigenvalue weighted by atomic mass is 9.64. The zero-order valence-electron chi connectivity index (χ0n) is 8.46. The summed E-state index contributed by atoms with van der Waals surface area (Å²) in [7, 11) is 0.